The van der Waals surface area contributed by atoms with Crippen molar-refractivity contribution in [3.05, 3.63) is 28.2 Å². The van der Waals surface area contributed by atoms with Crippen LogP contribution in [-0.2, 0) is 0 Å². The third-order valence-corrected chi connectivity index (χ3v) is 4.74. The molecule has 0 spiro atoms. The first-order chi connectivity index (χ1) is 9.11. The highest BCUT2D eigenvalue weighted by Crippen LogP contribution is 2.32. The average Bonchev–Trinajstić information content (AvgIpc) is 2.40. The van der Waals surface area contributed by atoms with Gasteiger partial charge in [0.2, 0.25) is 0 Å². The molecule has 2 rings (SSSR count). The van der Waals surface area contributed by atoms with Gasteiger partial charge in [0.05, 0.1) is 5.69 Å². The molecule has 1 saturated heterocycles. The number of anilines is 1. The van der Waals surface area contributed by atoms with Gasteiger partial charge in [-0.05, 0) is 65.9 Å². The summed E-state index contributed by atoms with van der Waals surface area (Å²) in [5, 5.41) is 3.46. The molecule has 0 aliphatic carbocycles. The number of halogens is 1. The van der Waals surface area contributed by atoms with Crippen LogP contribution in [-0.4, -0.2) is 19.6 Å². The van der Waals surface area contributed by atoms with Crippen LogP contribution >= 0.6 is 15.9 Å². The van der Waals surface area contributed by atoms with Crippen molar-refractivity contribution in [3.63, 3.8) is 0 Å². The van der Waals surface area contributed by atoms with Gasteiger partial charge in [-0.15, -0.1) is 0 Å². The molecule has 0 aromatic heterocycles. The van der Waals surface area contributed by atoms with Crippen molar-refractivity contribution >= 4 is 21.6 Å². The molecular weight excluding hydrogens is 300 g/mol. The molecule has 1 fully saturated rings. The molecular formula is C16H25BrN2. The molecule has 1 unspecified atom stereocenters. The summed E-state index contributed by atoms with van der Waals surface area (Å²) in [5.74, 6) is 0.878. The molecule has 106 valence electrons. The van der Waals surface area contributed by atoms with Crippen molar-refractivity contribution in [1.29, 1.82) is 0 Å². The van der Waals surface area contributed by atoms with E-state index < -0.39 is 0 Å². The number of piperidine rings is 1. The van der Waals surface area contributed by atoms with Gasteiger partial charge in [-0.2, -0.15) is 0 Å². The summed E-state index contributed by atoms with van der Waals surface area (Å²) in [7, 11) is 0. The quantitative estimate of drug-likeness (QED) is 0.885. The fourth-order valence-corrected chi connectivity index (χ4v) is 3.37. The Morgan fingerprint density at radius 2 is 2.05 bits per heavy atom. The van der Waals surface area contributed by atoms with Gasteiger partial charge in [-0.25, -0.2) is 0 Å². The highest BCUT2D eigenvalue weighted by Gasteiger charge is 2.18. The van der Waals surface area contributed by atoms with E-state index >= 15 is 0 Å². The molecule has 2 nitrogen and oxygen atoms in total. The van der Waals surface area contributed by atoms with Crippen molar-refractivity contribution in [1.82, 2.24) is 5.32 Å². The molecule has 1 N–H and O–H groups in total. The third kappa shape index (κ3) is 3.73. The summed E-state index contributed by atoms with van der Waals surface area (Å²) < 4.78 is 1.23. The maximum Gasteiger partial charge on any atom is 0.0510 e. The fourth-order valence-electron chi connectivity index (χ4n) is 2.72. The molecule has 1 aliphatic rings. The lowest BCUT2D eigenvalue weighted by Crippen LogP contribution is -2.33. The zero-order valence-electron chi connectivity index (χ0n) is 12.2. The standard InChI is InChI=1S/C16H25BrN2/c1-4-18-13(3)14-5-6-16(15(17)11-14)19-9-7-12(2)8-10-19/h5-6,11-13,18H,4,7-10H2,1-3H3. The van der Waals surface area contributed by atoms with Crippen LogP contribution < -0.4 is 10.2 Å². The predicted molar refractivity (Wildman–Crippen MR) is 86.8 cm³/mol. The summed E-state index contributed by atoms with van der Waals surface area (Å²) in [6.45, 7) is 10.1. The molecule has 19 heavy (non-hydrogen) atoms. The Balaban J connectivity index is 2.10. The van der Waals surface area contributed by atoms with E-state index in [0.29, 0.717) is 6.04 Å². The van der Waals surface area contributed by atoms with Gasteiger partial charge in [0.25, 0.3) is 0 Å². The van der Waals surface area contributed by atoms with E-state index in [1.165, 1.54) is 41.7 Å². The van der Waals surface area contributed by atoms with Crippen molar-refractivity contribution < 1.29 is 0 Å². The molecule has 0 saturated carbocycles. The van der Waals surface area contributed by atoms with Crippen molar-refractivity contribution in [2.45, 2.75) is 39.7 Å². The first kappa shape index (κ1) is 14.9. The Morgan fingerprint density at radius 1 is 1.37 bits per heavy atom. The average molecular weight is 325 g/mol. The number of nitrogens with zero attached hydrogens (tertiary/aromatic N) is 1. The van der Waals surface area contributed by atoms with Gasteiger partial charge >= 0.3 is 0 Å². The number of nitrogens with one attached hydrogen (secondary N) is 1. The van der Waals surface area contributed by atoms with E-state index in [4.69, 9.17) is 0 Å². The fraction of sp³-hybridized carbons (Fsp3) is 0.625. The second-order valence-corrected chi connectivity index (χ2v) is 6.51. The van der Waals surface area contributed by atoms with Crippen LogP contribution in [0.25, 0.3) is 0 Å². The van der Waals surface area contributed by atoms with Crippen molar-refractivity contribution in [2.75, 3.05) is 24.5 Å². The van der Waals surface area contributed by atoms with Crippen molar-refractivity contribution in [3.8, 4) is 0 Å². The first-order valence-electron chi connectivity index (χ1n) is 7.39. The van der Waals surface area contributed by atoms with Gasteiger partial charge in [0, 0.05) is 23.6 Å². The van der Waals surface area contributed by atoms with Gasteiger partial charge < -0.3 is 10.2 Å². The Labute approximate surface area is 125 Å². The molecule has 1 atom stereocenters. The van der Waals surface area contributed by atoms with Gasteiger partial charge in [-0.1, -0.05) is 19.9 Å². The molecule has 1 aliphatic heterocycles. The number of hydrogen-bond acceptors (Lipinski definition) is 2. The largest absolute Gasteiger partial charge is 0.371 e. The lowest BCUT2D eigenvalue weighted by molar-refractivity contribution is 0.438. The van der Waals surface area contributed by atoms with E-state index in [0.717, 1.165) is 12.5 Å². The SMILES string of the molecule is CCNC(C)c1ccc(N2CCC(C)CC2)c(Br)c1. The van der Waals surface area contributed by atoms with Crippen LogP contribution in [0.2, 0.25) is 0 Å². The highest BCUT2D eigenvalue weighted by molar-refractivity contribution is 9.10. The monoisotopic (exact) mass is 324 g/mol. The molecule has 1 aromatic rings. The van der Waals surface area contributed by atoms with Crippen LogP contribution in [0.4, 0.5) is 5.69 Å². The summed E-state index contributed by atoms with van der Waals surface area (Å²) in [6, 6.07) is 7.20. The van der Waals surface area contributed by atoms with Gasteiger partial charge in [-0.3, -0.25) is 0 Å². The molecule has 1 aromatic carbocycles. The lowest BCUT2D eigenvalue weighted by atomic mass is 9.98. The maximum absolute atomic E-state index is 3.75. The minimum Gasteiger partial charge on any atom is -0.371 e. The second-order valence-electron chi connectivity index (χ2n) is 5.66. The van der Waals surface area contributed by atoms with E-state index in [1.807, 2.05) is 0 Å². The Morgan fingerprint density at radius 3 is 2.63 bits per heavy atom. The Hall–Kier alpha value is -0.540. The summed E-state index contributed by atoms with van der Waals surface area (Å²) in [4.78, 5) is 2.51. The molecule has 3 heteroatoms. The zero-order chi connectivity index (χ0) is 13.8. The van der Waals surface area contributed by atoms with Crippen LogP contribution in [0.5, 0.6) is 0 Å². The summed E-state index contributed by atoms with van der Waals surface area (Å²) >= 11 is 3.75. The maximum atomic E-state index is 3.75. The Kier molecular flexibility index (Phi) is 5.28. The molecule has 0 amide bonds. The van der Waals surface area contributed by atoms with Crippen LogP contribution in [0, 0.1) is 5.92 Å². The van der Waals surface area contributed by atoms with Crippen molar-refractivity contribution in [2.24, 2.45) is 5.92 Å². The highest BCUT2D eigenvalue weighted by atomic mass is 79.9. The molecule has 0 radical (unpaired) electrons. The number of hydrogen-bond donors (Lipinski definition) is 1. The topological polar surface area (TPSA) is 15.3 Å². The zero-order valence-corrected chi connectivity index (χ0v) is 13.8. The van der Waals surface area contributed by atoms with Gasteiger partial charge in [0.1, 0.15) is 0 Å². The molecule has 0 bridgehead atoms. The van der Waals surface area contributed by atoms with Crippen LogP contribution in [0.15, 0.2) is 22.7 Å². The lowest BCUT2D eigenvalue weighted by Gasteiger charge is -2.33. The molecule has 1 heterocycles. The van der Waals surface area contributed by atoms with E-state index in [-0.39, 0.29) is 0 Å². The third-order valence-electron chi connectivity index (χ3n) is 4.11. The van der Waals surface area contributed by atoms with Crippen LogP contribution in [0.3, 0.4) is 0 Å². The number of benzene rings is 1. The summed E-state index contributed by atoms with van der Waals surface area (Å²) in [6.07, 6.45) is 2.62. The second kappa shape index (κ2) is 6.76. The van der Waals surface area contributed by atoms with Crippen LogP contribution in [0.1, 0.15) is 45.2 Å². The predicted octanol–water partition coefficient (Wildman–Crippen LogP) is 4.36. The number of rotatable bonds is 4. The first-order valence-corrected chi connectivity index (χ1v) is 8.19. The van der Waals surface area contributed by atoms with E-state index in [2.05, 4.69) is 65.1 Å². The van der Waals surface area contributed by atoms with Gasteiger partial charge in [0.15, 0.2) is 0 Å². The normalized spacial score (nSPS) is 18.6. The minimum absolute atomic E-state index is 0.414. The van der Waals surface area contributed by atoms with E-state index in [9.17, 15) is 0 Å². The summed E-state index contributed by atoms with van der Waals surface area (Å²) in [5.41, 5.74) is 2.70. The Bertz CT molecular complexity index is 411. The van der Waals surface area contributed by atoms with E-state index in [1.54, 1.807) is 0 Å². The minimum atomic E-state index is 0.414. The smallest absolute Gasteiger partial charge is 0.0510 e.